The highest BCUT2D eigenvalue weighted by Crippen LogP contribution is 2.17. The van der Waals surface area contributed by atoms with Crippen LogP contribution in [0, 0.1) is 11.6 Å². The molecule has 2 aromatic carbocycles. The van der Waals surface area contributed by atoms with Gasteiger partial charge < -0.3 is 10.6 Å². The Balaban J connectivity index is 0.00000450. The predicted octanol–water partition coefficient (Wildman–Crippen LogP) is 3.97. The molecule has 10 heteroatoms. The van der Waals surface area contributed by atoms with Crippen molar-refractivity contribution in [3.05, 3.63) is 65.2 Å². The Morgan fingerprint density at radius 2 is 1.70 bits per heavy atom. The van der Waals surface area contributed by atoms with Crippen molar-refractivity contribution < 1.29 is 17.2 Å². The third kappa shape index (κ3) is 10.1. The predicted molar refractivity (Wildman–Crippen MR) is 130 cm³/mol. The molecule has 0 fully saturated rings. The van der Waals surface area contributed by atoms with Crippen molar-refractivity contribution >= 4 is 51.5 Å². The summed E-state index contributed by atoms with van der Waals surface area (Å²) in [5, 5.41) is 6.30. The van der Waals surface area contributed by atoms with E-state index < -0.39 is 15.7 Å². The van der Waals surface area contributed by atoms with Crippen LogP contribution in [-0.2, 0) is 22.1 Å². The van der Waals surface area contributed by atoms with Crippen LogP contribution in [0.2, 0.25) is 0 Å². The van der Waals surface area contributed by atoms with Gasteiger partial charge in [-0.15, -0.1) is 35.7 Å². The number of rotatable bonds is 9. The number of hydrogen-bond acceptors (Lipinski definition) is 4. The molecule has 166 valence electrons. The zero-order chi connectivity index (χ0) is 21.3. The third-order valence-corrected chi connectivity index (χ3v) is 5.66. The lowest BCUT2D eigenvalue weighted by Crippen LogP contribution is -2.38. The van der Waals surface area contributed by atoms with E-state index in [-0.39, 0.29) is 42.1 Å². The van der Waals surface area contributed by atoms with Gasteiger partial charge in [0, 0.05) is 30.0 Å². The van der Waals surface area contributed by atoms with Crippen LogP contribution in [0.5, 0.6) is 0 Å². The molecule has 2 N–H and O–H groups in total. The number of halogens is 3. The van der Waals surface area contributed by atoms with Gasteiger partial charge in [-0.2, -0.15) is 0 Å². The highest BCUT2D eigenvalue weighted by molar-refractivity contribution is 14.0. The molecule has 0 aliphatic carbocycles. The number of benzene rings is 2. The fourth-order valence-corrected chi connectivity index (χ4v) is 4.15. The van der Waals surface area contributed by atoms with Gasteiger partial charge >= 0.3 is 0 Å². The first kappa shape index (κ1) is 26.6. The minimum Gasteiger partial charge on any atom is -0.357 e. The Bertz CT molecular complexity index is 940. The summed E-state index contributed by atoms with van der Waals surface area (Å²) in [5.41, 5.74) is 1.08. The van der Waals surface area contributed by atoms with Gasteiger partial charge in [0.15, 0.2) is 15.8 Å². The van der Waals surface area contributed by atoms with Crippen molar-refractivity contribution in [3.8, 4) is 0 Å². The Morgan fingerprint density at radius 1 is 1.03 bits per heavy atom. The molecule has 5 nitrogen and oxygen atoms in total. The molecular formula is C20H26F2IN3O2S2. The molecular weight excluding hydrogens is 543 g/mol. The largest absolute Gasteiger partial charge is 0.357 e. The second kappa shape index (κ2) is 13.1. The van der Waals surface area contributed by atoms with Gasteiger partial charge in [-0.25, -0.2) is 22.2 Å². The Labute approximate surface area is 198 Å². The van der Waals surface area contributed by atoms with Gasteiger partial charge in [-0.1, -0.05) is 6.07 Å². The van der Waals surface area contributed by atoms with E-state index in [0.29, 0.717) is 30.2 Å². The number of guanidine groups is 1. The standard InChI is InChI=1S/C20H25F2N3O2S2.HI/c1-3-23-20(24-10-11-28-19-8-6-17(21)7-9-19)25-13-16-12-18(22)5-4-15(16)14-29(2,26)27;/h4-9,12H,3,10-11,13-14H2,1-2H3,(H2,23,24,25);1H. The van der Waals surface area contributed by atoms with Crippen LogP contribution in [-0.4, -0.2) is 39.5 Å². The molecule has 2 rings (SSSR count). The average Bonchev–Trinajstić information content (AvgIpc) is 2.65. The molecule has 0 radical (unpaired) electrons. The first-order valence-corrected chi connectivity index (χ1v) is 12.2. The molecule has 0 saturated carbocycles. The molecule has 0 spiro atoms. The minimum absolute atomic E-state index is 0. The SMILES string of the molecule is CCNC(=NCc1cc(F)ccc1CS(C)(=O)=O)NCCSc1ccc(F)cc1.I. The van der Waals surface area contributed by atoms with Crippen LogP contribution < -0.4 is 10.6 Å². The highest BCUT2D eigenvalue weighted by atomic mass is 127. The summed E-state index contributed by atoms with van der Waals surface area (Å²) in [6.07, 6.45) is 1.15. The molecule has 0 saturated heterocycles. The molecule has 0 atom stereocenters. The lowest BCUT2D eigenvalue weighted by molar-refractivity contribution is 0.600. The number of thioether (sulfide) groups is 1. The number of nitrogens with zero attached hydrogens (tertiary/aromatic N) is 1. The van der Waals surface area contributed by atoms with E-state index in [1.54, 1.807) is 23.9 Å². The summed E-state index contributed by atoms with van der Waals surface area (Å²) < 4.78 is 49.8. The van der Waals surface area contributed by atoms with Crippen molar-refractivity contribution in [1.29, 1.82) is 0 Å². The molecule has 0 aromatic heterocycles. The van der Waals surface area contributed by atoms with E-state index >= 15 is 0 Å². The number of aliphatic imine (C=N–C) groups is 1. The Hall–Kier alpha value is -1.40. The van der Waals surface area contributed by atoms with E-state index in [2.05, 4.69) is 15.6 Å². The smallest absolute Gasteiger partial charge is 0.191 e. The highest BCUT2D eigenvalue weighted by Gasteiger charge is 2.11. The average molecular weight is 569 g/mol. The topological polar surface area (TPSA) is 70.6 Å². The molecule has 0 aliphatic rings. The molecule has 0 unspecified atom stereocenters. The van der Waals surface area contributed by atoms with Gasteiger partial charge in [0.05, 0.1) is 12.3 Å². The summed E-state index contributed by atoms with van der Waals surface area (Å²) >= 11 is 1.59. The summed E-state index contributed by atoms with van der Waals surface area (Å²) in [4.78, 5) is 5.42. The first-order valence-electron chi connectivity index (χ1n) is 9.12. The van der Waals surface area contributed by atoms with E-state index in [1.807, 2.05) is 6.92 Å². The van der Waals surface area contributed by atoms with E-state index in [4.69, 9.17) is 0 Å². The third-order valence-electron chi connectivity index (χ3n) is 3.81. The van der Waals surface area contributed by atoms with Gasteiger partial charge in [-0.3, -0.25) is 0 Å². The van der Waals surface area contributed by atoms with Crippen LogP contribution >= 0.6 is 35.7 Å². The maximum absolute atomic E-state index is 13.6. The van der Waals surface area contributed by atoms with E-state index in [0.717, 1.165) is 16.9 Å². The minimum atomic E-state index is -3.24. The van der Waals surface area contributed by atoms with Crippen molar-refractivity contribution in [1.82, 2.24) is 10.6 Å². The summed E-state index contributed by atoms with van der Waals surface area (Å²) in [6, 6.07) is 10.4. The van der Waals surface area contributed by atoms with Crippen LogP contribution in [0.4, 0.5) is 8.78 Å². The molecule has 30 heavy (non-hydrogen) atoms. The van der Waals surface area contributed by atoms with Gasteiger partial charge in [0.1, 0.15) is 11.6 Å². The van der Waals surface area contributed by atoms with Crippen LogP contribution in [0.25, 0.3) is 0 Å². The first-order chi connectivity index (χ1) is 13.8. The lowest BCUT2D eigenvalue weighted by atomic mass is 10.1. The zero-order valence-electron chi connectivity index (χ0n) is 16.8. The maximum atomic E-state index is 13.6. The van der Waals surface area contributed by atoms with E-state index in [1.165, 1.54) is 30.3 Å². The number of sulfone groups is 1. The zero-order valence-corrected chi connectivity index (χ0v) is 20.8. The van der Waals surface area contributed by atoms with Crippen molar-refractivity contribution in [2.24, 2.45) is 4.99 Å². The van der Waals surface area contributed by atoms with Gasteiger partial charge in [-0.05, 0) is 54.4 Å². The van der Waals surface area contributed by atoms with Crippen LogP contribution in [0.15, 0.2) is 52.4 Å². The molecule has 0 bridgehead atoms. The second-order valence-electron chi connectivity index (χ2n) is 6.41. The fraction of sp³-hybridized carbons (Fsp3) is 0.350. The molecule has 0 aliphatic heterocycles. The monoisotopic (exact) mass is 569 g/mol. The number of nitrogens with one attached hydrogen (secondary N) is 2. The van der Waals surface area contributed by atoms with Crippen LogP contribution in [0.3, 0.4) is 0 Å². The summed E-state index contributed by atoms with van der Waals surface area (Å²) in [6.45, 7) is 3.36. The van der Waals surface area contributed by atoms with Crippen molar-refractivity contribution in [2.45, 2.75) is 24.1 Å². The second-order valence-corrected chi connectivity index (χ2v) is 9.72. The number of hydrogen-bond donors (Lipinski definition) is 2. The molecule has 0 amide bonds. The lowest BCUT2D eigenvalue weighted by Gasteiger charge is -2.12. The van der Waals surface area contributed by atoms with E-state index in [9.17, 15) is 17.2 Å². The van der Waals surface area contributed by atoms with Crippen LogP contribution in [0.1, 0.15) is 18.1 Å². The van der Waals surface area contributed by atoms with Crippen molar-refractivity contribution in [3.63, 3.8) is 0 Å². The van der Waals surface area contributed by atoms with Gasteiger partial charge in [0.2, 0.25) is 0 Å². The maximum Gasteiger partial charge on any atom is 0.191 e. The van der Waals surface area contributed by atoms with Crippen molar-refractivity contribution in [2.75, 3.05) is 25.1 Å². The van der Waals surface area contributed by atoms with Gasteiger partial charge in [0.25, 0.3) is 0 Å². The summed E-state index contributed by atoms with van der Waals surface area (Å²) in [7, 11) is -3.24. The Kier molecular flexibility index (Phi) is 11.6. The quantitative estimate of drug-likeness (QED) is 0.157. The normalized spacial score (nSPS) is 11.7. The molecule has 0 heterocycles. The summed E-state index contributed by atoms with van der Waals surface area (Å²) in [5.74, 6) is 0.454. The fourth-order valence-electron chi connectivity index (χ4n) is 2.54. The Morgan fingerprint density at radius 3 is 2.33 bits per heavy atom. The molecule has 2 aromatic rings.